The molecule has 0 radical (unpaired) electrons. The summed E-state index contributed by atoms with van der Waals surface area (Å²) in [4.78, 5) is 64.0. The molecule has 4 amide bonds. The van der Waals surface area contributed by atoms with Crippen molar-refractivity contribution >= 4 is 58.5 Å². The van der Waals surface area contributed by atoms with Gasteiger partial charge in [0.05, 0.1) is 17.5 Å². The fourth-order valence-electron chi connectivity index (χ4n) is 7.52. The lowest BCUT2D eigenvalue weighted by Gasteiger charge is -2.50. The molecule has 6 rings (SSSR count). The summed E-state index contributed by atoms with van der Waals surface area (Å²) in [7, 11) is 0. The number of phenolic OH excluding ortho intramolecular Hbond substituents is 1. The molecule has 45 heavy (non-hydrogen) atoms. The van der Waals surface area contributed by atoms with Crippen LogP contribution in [0, 0.1) is 29.4 Å². The van der Waals surface area contributed by atoms with Gasteiger partial charge in [0.1, 0.15) is 5.82 Å². The van der Waals surface area contributed by atoms with E-state index in [1.807, 2.05) is 0 Å². The molecule has 0 spiro atoms. The second-order valence-corrected chi connectivity index (χ2v) is 13.2. The minimum Gasteiger partial charge on any atom is -0.505 e. The van der Waals surface area contributed by atoms with Crippen LogP contribution in [0.1, 0.15) is 50.0 Å². The number of rotatable bonds is 8. The molecule has 2 aromatic carbocycles. The number of anilines is 1. The van der Waals surface area contributed by atoms with E-state index >= 15 is 0 Å². The molecule has 2 N–H and O–H groups in total. The number of alkyl halides is 2. The molecule has 9 nitrogen and oxygen atoms in total. The van der Waals surface area contributed by atoms with Gasteiger partial charge in [0.25, 0.3) is 11.8 Å². The third-order valence-corrected chi connectivity index (χ3v) is 11.0. The topological polar surface area (TPSA) is 132 Å². The lowest BCUT2D eigenvalue weighted by molar-refractivity contribution is -0.141. The van der Waals surface area contributed by atoms with Crippen LogP contribution in [0.5, 0.6) is 5.75 Å². The van der Waals surface area contributed by atoms with Crippen LogP contribution in [0.2, 0.25) is 0 Å². The third kappa shape index (κ3) is 4.57. The van der Waals surface area contributed by atoms with Crippen molar-refractivity contribution in [2.24, 2.45) is 17.8 Å². The van der Waals surface area contributed by atoms with Gasteiger partial charge in [0, 0.05) is 24.4 Å². The number of carboxylic acid groups (broad SMARTS) is 1. The summed E-state index contributed by atoms with van der Waals surface area (Å²) in [6.07, 6.45) is 2.69. The van der Waals surface area contributed by atoms with Gasteiger partial charge in [0.2, 0.25) is 11.8 Å². The monoisotopic (exact) mass is 660 g/mol. The number of imide groups is 2. The zero-order chi connectivity index (χ0) is 32.4. The van der Waals surface area contributed by atoms with Crippen molar-refractivity contribution in [3.8, 4) is 5.75 Å². The highest BCUT2D eigenvalue weighted by Gasteiger charge is 2.76. The number of allylic oxidation sites excluding steroid dienone is 2. The Morgan fingerprint density at radius 1 is 0.933 bits per heavy atom. The second kappa shape index (κ2) is 11.2. The Kier molecular flexibility index (Phi) is 7.76. The molecule has 1 saturated carbocycles. The number of para-hydroxylation sites is 1. The van der Waals surface area contributed by atoms with Crippen LogP contribution in [0.15, 0.2) is 54.1 Å². The summed E-state index contributed by atoms with van der Waals surface area (Å²) in [5.41, 5.74) is 0.271. The Hall–Kier alpha value is -3.83. The molecule has 6 atom stereocenters. The quantitative estimate of drug-likeness (QED) is 0.179. The summed E-state index contributed by atoms with van der Waals surface area (Å²) in [5.74, 6) is -10.1. The van der Waals surface area contributed by atoms with E-state index in [0.717, 1.165) is 28.0 Å². The Morgan fingerprint density at radius 2 is 1.64 bits per heavy atom. The van der Waals surface area contributed by atoms with Crippen molar-refractivity contribution in [2.75, 3.05) is 11.4 Å². The fourth-order valence-corrected chi connectivity index (χ4v) is 8.44. The number of aliphatic carboxylic acids is 1. The van der Waals surface area contributed by atoms with Crippen LogP contribution in [-0.2, 0) is 24.0 Å². The number of phenols is 1. The van der Waals surface area contributed by atoms with Gasteiger partial charge in [-0.05, 0) is 61.9 Å². The molecule has 2 aromatic rings. The average molecular weight is 661 g/mol. The number of hydrogen-bond acceptors (Lipinski definition) is 6. The van der Waals surface area contributed by atoms with Gasteiger partial charge >= 0.3 is 5.97 Å². The van der Waals surface area contributed by atoms with Gasteiger partial charge in [-0.15, -0.1) is 23.2 Å². The molecule has 2 aliphatic heterocycles. The van der Waals surface area contributed by atoms with E-state index in [-0.39, 0.29) is 37.1 Å². The first-order chi connectivity index (χ1) is 21.3. The zero-order valence-electron chi connectivity index (χ0n) is 23.7. The Morgan fingerprint density at radius 3 is 2.33 bits per heavy atom. The minimum atomic E-state index is -2.30. The maximum Gasteiger partial charge on any atom is 0.303 e. The number of likely N-dealkylation sites (tertiary alicyclic amines) is 1. The van der Waals surface area contributed by atoms with E-state index in [0.29, 0.717) is 24.8 Å². The number of carboxylic acids is 1. The van der Waals surface area contributed by atoms with Gasteiger partial charge in [-0.2, -0.15) is 0 Å². The summed E-state index contributed by atoms with van der Waals surface area (Å²) in [6.45, 7) is 0.0850. The Labute approximate surface area is 266 Å². The number of aromatic hydroxyl groups is 1. The highest BCUT2D eigenvalue weighted by Crippen LogP contribution is 2.66. The van der Waals surface area contributed by atoms with Crippen LogP contribution < -0.4 is 4.90 Å². The molecule has 0 aromatic heterocycles. The summed E-state index contributed by atoms with van der Waals surface area (Å²) in [5, 5.41) is 19.8. The molecular formula is C32H28Cl2F2N2O7. The van der Waals surface area contributed by atoms with Crippen LogP contribution in [-0.4, -0.2) is 61.0 Å². The first kappa shape index (κ1) is 31.2. The highest BCUT2D eigenvalue weighted by molar-refractivity contribution is 6.58. The van der Waals surface area contributed by atoms with Crippen molar-refractivity contribution < 1.29 is 43.0 Å². The molecule has 2 saturated heterocycles. The van der Waals surface area contributed by atoms with Crippen molar-refractivity contribution in [3.63, 3.8) is 0 Å². The molecular weight excluding hydrogens is 633 g/mol. The van der Waals surface area contributed by atoms with Crippen molar-refractivity contribution in [1.82, 2.24) is 4.90 Å². The lowest BCUT2D eigenvalue weighted by atomic mass is 9.56. The van der Waals surface area contributed by atoms with E-state index in [9.17, 15) is 37.9 Å². The number of amides is 4. The second-order valence-electron chi connectivity index (χ2n) is 12.0. The predicted octanol–water partition coefficient (Wildman–Crippen LogP) is 4.88. The maximum atomic E-state index is 14.8. The first-order valence-corrected chi connectivity index (χ1v) is 15.3. The Balaban J connectivity index is 1.43. The number of carbonyl (C=O) groups is 5. The van der Waals surface area contributed by atoms with Crippen molar-refractivity contribution in [1.29, 1.82) is 0 Å². The Bertz CT molecular complexity index is 1670. The smallest absolute Gasteiger partial charge is 0.303 e. The number of carbonyl (C=O) groups excluding carboxylic acids is 4. The van der Waals surface area contributed by atoms with Gasteiger partial charge in [-0.1, -0.05) is 30.2 Å². The normalized spacial score (nSPS) is 30.7. The summed E-state index contributed by atoms with van der Waals surface area (Å²) in [6, 6.07) is 8.23. The van der Waals surface area contributed by atoms with Gasteiger partial charge < -0.3 is 10.2 Å². The zero-order valence-corrected chi connectivity index (χ0v) is 25.2. The third-order valence-electron chi connectivity index (χ3n) is 9.59. The highest BCUT2D eigenvalue weighted by atomic mass is 35.5. The van der Waals surface area contributed by atoms with E-state index in [1.165, 1.54) is 24.3 Å². The number of nitrogens with zero attached hydrogens (tertiary/aromatic N) is 2. The van der Waals surface area contributed by atoms with Crippen LogP contribution in [0.4, 0.5) is 14.5 Å². The van der Waals surface area contributed by atoms with E-state index in [2.05, 4.69) is 0 Å². The summed E-state index contributed by atoms with van der Waals surface area (Å²) >= 11 is 14.4. The molecule has 0 bridgehead atoms. The van der Waals surface area contributed by atoms with Crippen molar-refractivity contribution in [3.05, 3.63) is 71.3 Å². The van der Waals surface area contributed by atoms with Gasteiger partial charge in [-0.25, -0.2) is 13.7 Å². The van der Waals surface area contributed by atoms with Crippen molar-refractivity contribution in [2.45, 2.75) is 54.2 Å². The molecule has 2 heterocycles. The first-order valence-electron chi connectivity index (χ1n) is 14.6. The average Bonchev–Trinajstić information content (AvgIpc) is 3.33. The standard InChI is InChI=1S/C32H28Cl2F2N2O7/c33-31-15-21-18(12-13-19-24(21)28(43)37(27(19)42)14-3-1-2-7-23(39)40)25(20-5-4-6-22(36)26(20)41)32(31,34)30(45)38(29(31)44)17-10-8-16(35)9-11-17/h4-6,8-12,19,21,24-25,41H,1-3,7,13-15H2,(H,39,40). The molecule has 3 fully saturated rings. The number of fused-ring (bicyclic) bond motifs is 4. The van der Waals surface area contributed by atoms with Crippen LogP contribution >= 0.6 is 23.2 Å². The molecule has 2 aliphatic carbocycles. The van der Waals surface area contributed by atoms with E-state index in [1.54, 1.807) is 6.08 Å². The molecule has 236 valence electrons. The number of benzene rings is 2. The van der Waals surface area contributed by atoms with E-state index in [4.69, 9.17) is 28.3 Å². The van der Waals surface area contributed by atoms with Crippen LogP contribution in [0.25, 0.3) is 0 Å². The predicted molar refractivity (Wildman–Crippen MR) is 157 cm³/mol. The van der Waals surface area contributed by atoms with Gasteiger partial charge in [0.15, 0.2) is 21.3 Å². The van der Waals surface area contributed by atoms with Crippen LogP contribution in [0.3, 0.4) is 0 Å². The SMILES string of the molecule is O=C(O)CCCCCN1C(=O)C2CC=C3C(CC4(Cl)C(=O)N(c5ccc(F)cc5)C(=O)C4(Cl)C3c3cccc(F)c3O)C2C1=O. The minimum absolute atomic E-state index is 0.000846. The number of unbranched alkanes of at least 4 members (excludes halogenated alkanes) is 2. The number of hydrogen-bond donors (Lipinski definition) is 2. The lowest BCUT2D eigenvalue weighted by Crippen LogP contribution is -2.60. The van der Waals surface area contributed by atoms with Gasteiger partial charge in [-0.3, -0.25) is 28.9 Å². The molecule has 13 heteroatoms. The summed E-state index contributed by atoms with van der Waals surface area (Å²) < 4.78 is 28.5. The number of halogens is 4. The fraction of sp³-hybridized carbons (Fsp3) is 0.406. The largest absolute Gasteiger partial charge is 0.505 e. The molecule has 4 aliphatic rings. The molecule has 6 unspecified atom stereocenters. The van der Waals surface area contributed by atoms with E-state index < -0.39 is 80.4 Å². The maximum absolute atomic E-state index is 14.8.